The highest BCUT2D eigenvalue weighted by Crippen LogP contribution is 2.40. The van der Waals surface area contributed by atoms with Crippen molar-refractivity contribution in [2.24, 2.45) is 17.8 Å². The monoisotopic (exact) mass is 564 g/mol. The van der Waals surface area contributed by atoms with Crippen molar-refractivity contribution in [3.8, 4) is 0 Å². The van der Waals surface area contributed by atoms with Crippen molar-refractivity contribution >= 4 is 11.8 Å². The summed E-state index contributed by atoms with van der Waals surface area (Å²) < 4.78 is 24.6. The molecule has 8 atom stereocenters. The molecule has 2 heterocycles. The number of aliphatic carboxylic acids is 1. The normalized spacial score (nSPS) is 31.1. The minimum atomic E-state index is -1.02. The van der Waals surface area contributed by atoms with E-state index in [4.69, 9.17) is 24.1 Å². The Labute approximate surface area is 240 Å². The number of ether oxygens (including phenoxy) is 4. The summed E-state index contributed by atoms with van der Waals surface area (Å²) in [6.07, 6.45) is 17.0. The van der Waals surface area contributed by atoms with Crippen LogP contribution in [0.5, 0.6) is 0 Å². The van der Waals surface area contributed by atoms with Gasteiger partial charge in [-0.3, -0.25) is 4.79 Å². The number of carbonyl (C=O) groups is 2. The Morgan fingerprint density at radius 2 is 1.80 bits per heavy atom. The van der Waals surface area contributed by atoms with Crippen LogP contribution >= 0.6 is 0 Å². The van der Waals surface area contributed by atoms with Crippen LogP contribution in [0.2, 0.25) is 0 Å². The number of aliphatic hydroxyl groups is 1. The van der Waals surface area contributed by atoms with Crippen molar-refractivity contribution in [1.82, 2.24) is 0 Å². The topological polar surface area (TPSA) is 112 Å². The number of hydrogen-bond donors (Lipinski definition) is 2. The third-order valence-corrected chi connectivity index (χ3v) is 8.37. The van der Waals surface area contributed by atoms with Gasteiger partial charge in [-0.25, -0.2) is 4.79 Å². The van der Waals surface area contributed by atoms with Gasteiger partial charge in [0.05, 0.1) is 18.3 Å². The molecule has 40 heavy (non-hydrogen) atoms. The average Bonchev–Trinajstić information content (AvgIpc) is 3.22. The first kappa shape index (κ1) is 32.9. The summed E-state index contributed by atoms with van der Waals surface area (Å²) in [6.45, 7) is 5.89. The van der Waals surface area contributed by atoms with Crippen molar-refractivity contribution in [2.75, 3.05) is 13.2 Å². The van der Waals surface area contributed by atoms with Gasteiger partial charge < -0.3 is 29.2 Å². The van der Waals surface area contributed by atoms with E-state index in [0.29, 0.717) is 25.4 Å². The first-order valence-corrected chi connectivity index (χ1v) is 15.7. The number of ketones is 1. The predicted octanol–water partition coefficient (Wildman–Crippen LogP) is 5.96. The van der Waals surface area contributed by atoms with E-state index >= 15 is 0 Å². The van der Waals surface area contributed by atoms with Crippen molar-refractivity contribution in [2.45, 2.75) is 135 Å². The molecular weight excluding hydrogens is 512 g/mol. The molecular formula is C32H52O8. The molecule has 8 nitrogen and oxygen atoms in total. The molecule has 1 saturated carbocycles. The maximum atomic E-state index is 12.9. The summed E-state index contributed by atoms with van der Waals surface area (Å²) in [6, 6.07) is 0. The lowest BCUT2D eigenvalue weighted by Crippen LogP contribution is -2.32. The molecule has 2 aliphatic heterocycles. The van der Waals surface area contributed by atoms with Crippen LogP contribution in [-0.4, -0.2) is 66.1 Å². The van der Waals surface area contributed by atoms with E-state index in [2.05, 4.69) is 26.0 Å². The van der Waals surface area contributed by atoms with Crippen LogP contribution in [0.1, 0.15) is 104 Å². The summed E-state index contributed by atoms with van der Waals surface area (Å²) in [5.74, 6) is -0.920. The van der Waals surface area contributed by atoms with Gasteiger partial charge in [-0.15, -0.1) is 0 Å². The number of Topliss-reactive ketones (excluding diaryl/α,β-unsaturated/α-hetero) is 1. The molecule has 0 amide bonds. The molecule has 2 unspecified atom stereocenters. The van der Waals surface area contributed by atoms with E-state index in [1.165, 1.54) is 18.9 Å². The van der Waals surface area contributed by atoms with Crippen molar-refractivity contribution in [3.63, 3.8) is 0 Å². The Hall–Kier alpha value is -1.58. The Morgan fingerprint density at radius 1 is 1.07 bits per heavy atom. The highest BCUT2D eigenvalue weighted by atomic mass is 16.7. The number of hydrogen-bond acceptors (Lipinski definition) is 7. The van der Waals surface area contributed by atoms with E-state index < -0.39 is 12.1 Å². The third kappa shape index (κ3) is 11.7. The Morgan fingerprint density at radius 3 is 2.45 bits per heavy atom. The summed E-state index contributed by atoms with van der Waals surface area (Å²) in [4.78, 5) is 23.6. The highest BCUT2D eigenvalue weighted by molar-refractivity contribution is 5.81. The van der Waals surface area contributed by atoms with Crippen molar-refractivity contribution in [1.29, 1.82) is 0 Å². The van der Waals surface area contributed by atoms with Gasteiger partial charge in [0.2, 0.25) is 0 Å². The molecule has 3 aliphatic rings. The first-order chi connectivity index (χ1) is 19.4. The fourth-order valence-electron chi connectivity index (χ4n) is 6.11. The van der Waals surface area contributed by atoms with E-state index in [1.54, 1.807) is 0 Å². The van der Waals surface area contributed by atoms with Gasteiger partial charge in [0.25, 0.3) is 0 Å². The van der Waals surface area contributed by atoms with E-state index in [1.807, 2.05) is 0 Å². The van der Waals surface area contributed by atoms with Gasteiger partial charge in [0, 0.05) is 50.4 Å². The van der Waals surface area contributed by atoms with Crippen LogP contribution in [-0.2, 0) is 28.5 Å². The third-order valence-electron chi connectivity index (χ3n) is 8.37. The lowest BCUT2D eigenvalue weighted by molar-refractivity contribution is -0.193. The molecule has 0 aromatic heterocycles. The maximum Gasteiger partial charge on any atom is 0.327 e. The number of allylic oxidation sites excluding steroid dienone is 1. The molecule has 3 rings (SSSR count). The SMILES string of the molecule is CCCC[C@H](C)C[C@@H](C=C[C@@H]1[C@@H](CC(=O)CCC=CC(=O)O)[C@@H](O)C[C@H]1OC1CCCCO1)OC1CCCCO1. The smallest absolute Gasteiger partial charge is 0.327 e. The molecule has 228 valence electrons. The number of carboxylic acid groups (broad SMARTS) is 1. The highest BCUT2D eigenvalue weighted by Gasteiger charge is 2.44. The Balaban J connectivity index is 1.73. The molecule has 0 spiro atoms. The fourth-order valence-corrected chi connectivity index (χ4v) is 6.11. The van der Waals surface area contributed by atoms with Gasteiger partial charge in [-0.05, 0) is 57.3 Å². The van der Waals surface area contributed by atoms with Crippen LogP contribution in [0.15, 0.2) is 24.3 Å². The minimum absolute atomic E-state index is 0.0173. The van der Waals surface area contributed by atoms with Crippen molar-refractivity contribution in [3.05, 3.63) is 24.3 Å². The van der Waals surface area contributed by atoms with Gasteiger partial charge in [-0.2, -0.15) is 0 Å². The van der Waals surface area contributed by atoms with Crippen LogP contribution in [0.3, 0.4) is 0 Å². The zero-order valence-corrected chi connectivity index (χ0v) is 24.6. The first-order valence-electron chi connectivity index (χ1n) is 15.7. The molecule has 0 aromatic rings. The summed E-state index contributed by atoms with van der Waals surface area (Å²) in [7, 11) is 0. The second-order valence-electron chi connectivity index (χ2n) is 11.9. The van der Waals surface area contributed by atoms with E-state index in [0.717, 1.165) is 64.0 Å². The fraction of sp³-hybridized carbons (Fsp3) is 0.812. The minimum Gasteiger partial charge on any atom is -0.478 e. The molecule has 0 aromatic carbocycles. The predicted molar refractivity (Wildman–Crippen MR) is 153 cm³/mol. The van der Waals surface area contributed by atoms with Gasteiger partial charge in [0.1, 0.15) is 5.78 Å². The molecule has 3 fully saturated rings. The molecule has 8 heteroatoms. The molecule has 2 N–H and O–H groups in total. The average molecular weight is 565 g/mol. The lowest BCUT2D eigenvalue weighted by Gasteiger charge is -2.30. The quantitative estimate of drug-likeness (QED) is 0.164. The lowest BCUT2D eigenvalue weighted by atomic mass is 9.87. The van der Waals surface area contributed by atoms with Crippen LogP contribution in [0, 0.1) is 17.8 Å². The zero-order chi connectivity index (χ0) is 28.7. The standard InChI is InChI=1S/C32H52O8/c1-3-4-11-23(2)20-25(39-31-14-7-9-18-37-31)16-17-26-27(21-24(33)12-5-6-13-30(35)36)28(34)22-29(26)40-32-15-8-10-19-38-32/h6,13,16-17,23,25-29,31-32,34H,3-5,7-12,14-15,18-22H2,1-2H3,(H,35,36)/t23-,25+,26+,27+,28-,29+,31?,32?/m0/s1. The van der Waals surface area contributed by atoms with Crippen LogP contribution in [0.25, 0.3) is 0 Å². The zero-order valence-electron chi connectivity index (χ0n) is 24.6. The van der Waals surface area contributed by atoms with Gasteiger partial charge >= 0.3 is 5.97 Å². The number of rotatable bonds is 17. The molecule has 0 radical (unpaired) electrons. The summed E-state index contributed by atoms with van der Waals surface area (Å²) in [5.41, 5.74) is 0. The molecule has 2 saturated heterocycles. The Kier molecular flexibility index (Phi) is 14.9. The summed E-state index contributed by atoms with van der Waals surface area (Å²) in [5, 5.41) is 19.9. The van der Waals surface area contributed by atoms with Crippen molar-refractivity contribution < 1.29 is 38.7 Å². The van der Waals surface area contributed by atoms with Crippen LogP contribution < -0.4 is 0 Å². The van der Waals surface area contributed by atoms with Gasteiger partial charge in [-0.1, -0.05) is 51.3 Å². The van der Waals surface area contributed by atoms with E-state index in [-0.39, 0.29) is 55.2 Å². The summed E-state index contributed by atoms with van der Waals surface area (Å²) >= 11 is 0. The Bertz CT molecular complexity index is 799. The second-order valence-corrected chi connectivity index (χ2v) is 11.9. The number of carbonyl (C=O) groups excluding carboxylic acids is 1. The number of carboxylic acids is 1. The second kappa shape index (κ2) is 18.1. The van der Waals surface area contributed by atoms with Gasteiger partial charge in [0.15, 0.2) is 12.6 Å². The molecule has 1 aliphatic carbocycles. The number of unbranched alkanes of at least 4 members (excludes halogenated alkanes) is 1. The number of aliphatic hydroxyl groups excluding tert-OH is 1. The largest absolute Gasteiger partial charge is 0.478 e. The molecule has 0 bridgehead atoms. The van der Waals surface area contributed by atoms with E-state index in [9.17, 15) is 14.7 Å². The van der Waals surface area contributed by atoms with Crippen LogP contribution in [0.4, 0.5) is 0 Å². The maximum absolute atomic E-state index is 12.9.